The molecule has 3 aromatic rings. The summed E-state index contributed by atoms with van der Waals surface area (Å²) in [7, 11) is 0. The van der Waals surface area contributed by atoms with Crippen molar-refractivity contribution < 1.29 is 0 Å². The third-order valence-electron chi connectivity index (χ3n) is 3.55. The maximum absolute atomic E-state index is 6.07. The highest BCUT2D eigenvalue weighted by molar-refractivity contribution is 7.98. The summed E-state index contributed by atoms with van der Waals surface area (Å²) in [5.41, 5.74) is 7.82. The summed E-state index contributed by atoms with van der Waals surface area (Å²) in [4.78, 5) is 12.9. The van der Waals surface area contributed by atoms with E-state index in [-0.39, 0.29) is 11.2 Å². The zero-order valence-electron chi connectivity index (χ0n) is 14.0. The number of hydrogen-bond acceptors (Lipinski definition) is 6. The number of rotatable bonds is 6. The minimum atomic E-state index is 0.0334. The fraction of sp³-hybridized carbons (Fsp3) is 0.167. The molecule has 26 heavy (non-hydrogen) atoms. The van der Waals surface area contributed by atoms with Crippen LogP contribution in [0.25, 0.3) is 0 Å². The van der Waals surface area contributed by atoms with Gasteiger partial charge in [-0.1, -0.05) is 47.5 Å². The number of para-hydroxylation sites is 1. The Balaban J connectivity index is 1.70. The first-order chi connectivity index (χ1) is 12.5. The summed E-state index contributed by atoms with van der Waals surface area (Å²) in [6.07, 6.45) is 0. The van der Waals surface area contributed by atoms with Crippen LogP contribution < -0.4 is 11.1 Å². The van der Waals surface area contributed by atoms with Crippen molar-refractivity contribution in [1.82, 2.24) is 15.0 Å². The molecule has 5 nitrogen and oxygen atoms in total. The van der Waals surface area contributed by atoms with E-state index in [1.807, 2.05) is 49.4 Å². The summed E-state index contributed by atoms with van der Waals surface area (Å²) in [5.74, 6) is 2.00. The Bertz CT molecular complexity index is 892. The molecule has 1 aromatic heterocycles. The number of hydrogen-bond donors (Lipinski definition) is 2. The molecule has 0 fully saturated rings. The number of nitrogens with one attached hydrogen (secondary N) is 1. The van der Waals surface area contributed by atoms with E-state index in [2.05, 4.69) is 20.3 Å². The molecule has 0 amide bonds. The van der Waals surface area contributed by atoms with Crippen molar-refractivity contribution in [3.8, 4) is 0 Å². The van der Waals surface area contributed by atoms with E-state index in [0.29, 0.717) is 21.8 Å². The molecule has 134 valence electrons. The zero-order valence-corrected chi connectivity index (χ0v) is 16.3. The molecule has 1 atom stereocenters. The lowest BCUT2D eigenvalue weighted by Gasteiger charge is -2.12. The largest absolute Gasteiger partial charge is 0.368 e. The molecule has 3 rings (SSSR count). The first kappa shape index (κ1) is 18.8. The van der Waals surface area contributed by atoms with Gasteiger partial charge in [-0.05, 0) is 36.8 Å². The van der Waals surface area contributed by atoms with Gasteiger partial charge in [0.25, 0.3) is 0 Å². The summed E-state index contributed by atoms with van der Waals surface area (Å²) < 4.78 is 0. The first-order valence-corrected chi connectivity index (χ1v) is 9.71. The van der Waals surface area contributed by atoms with Crippen LogP contribution in [0.3, 0.4) is 0 Å². The average molecular weight is 406 g/mol. The molecule has 0 saturated carbocycles. The van der Waals surface area contributed by atoms with E-state index in [1.165, 1.54) is 0 Å². The summed E-state index contributed by atoms with van der Waals surface area (Å²) in [5, 5.41) is 4.28. The van der Waals surface area contributed by atoms with Crippen molar-refractivity contribution in [2.45, 2.75) is 17.9 Å². The monoisotopic (exact) mass is 405 g/mol. The molecule has 2 aromatic carbocycles. The van der Waals surface area contributed by atoms with Crippen molar-refractivity contribution in [2.75, 3.05) is 11.1 Å². The molecule has 0 aliphatic heterocycles. The molecule has 8 heteroatoms. The van der Waals surface area contributed by atoms with Crippen LogP contribution in [0.4, 0.5) is 17.6 Å². The molecular weight excluding hydrogens is 389 g/mol. The van der Waals surface area contributed by atoms with Crippen molar-refractivity contribution in [2.24, 2.45) is 0 Å². The van der Waals surface area contributed by atoms with E-state index >= 15 is 0 Å². The second-order valence-electron chi connectivity index (χ2n) is 5.57. The SMILES string of the molecule is CC(SCc1ccc(Cl)c(Cl)c1)c1nc(N)nc(Nc2ccccc2)n1. The maximum Gasteiger partial charge on any atom is 0.232 e. The highest BCUT2D eigenvalue weighted by atomic mass is 35.5. The Kier molecular flexibility index (Phi) is 6.19. The smallest absolute Gasteiger partial charge is 0.232 e. The standard InChI is InChI=1S/C18H17Cl2N5S/c1-11(26-10-12-7-8-14(19)15(20)9-12)16-23-17(21)25-18(24-16)22-13-5-3-2-4-6-13/h2-9,11H,10H2,1H3,(H3,21,22,23,24,25). The second kappa shape index (κ2) is 8.58. The predicted molar refractivity (Wildman–Crippen MR) is 110 cm³/mol. The third kappa shape index (κ3) is 5.00. The van der Waals surface area contributed by atoms with Crippen LogP contribution in [0.15, 0.2) is 48.5 Å². The van der Waals surface area contributed by atoms with Crippen LogP contribution in [0, 0.1) is 0 Å². The highest BCUT2D eigenvalue weighted by Gasteiger charge is 2.13. The van der Waals surface area contributed by atoms with Gasteiger partial charge in [0.05, 0.1) is 15.3 Å². The zero-order chi connectivity index (χ0) is 18.5. The third-order valence-corrected chi connectivity index (χ3v) is 5.50. The number of halogens is 2. The molecule has 0 aliphatic rings. The number of nitrogens with zero attached hydrogens (tertiary/aromatic N) is 3. The van der Waals surface area contributed by atoms with Gasteiger partial charge in [-0.25, -0.2) is 0 Å². The first-order valence-electron chi connectivity index (χ1n) is 7.90. The number of anilines is 3. The molecular formula is C18H17Cl2N5S. The van der Waals surface area contributed by atoms with Gasteiger partial charge in [-0.3, -0.25) is 0 Å². The van der Waals surface area contributed by atoms with Crippen LogP contribution in [-0.2, 0) is 5.75 Å². The Morgan fingerprint density at radius 2 is 1.81 bits per heavy atom. The quantitative estimate of drug-likeness (QED) is 0.563. The van der Waals surface area contributed by atoms with E-state index in [4.69, 9.17) is 28.9 Å². The molecule has 0 bridgehead atoms. The summed E-state index contributed by atoms with van der Waals surface area (Å²) in [6, 6.07) is 15.3. The second-order valence-corrected chi connectivity index (χ2v) is 7.71. The normalized spacial score (nSPS) is 12.0. The van der Waals surface area contributed by atoms with Crippen LogP contribution in [-0.4, -0.2) is 15.0 Å². The van der Waals surface area contributed by atoms with Crippen LogP contribution >= 0.6 is 35.0 Å². The summed E-state index contributed by atoms with van der Waals surface area (Å²) >= 11 is 13.7. The van der Waals surface area contributed by atoms with Crippen molar-refractivity contribution >= 4 is 52.5 Å². The van der Waals surface area contributed by atoms with Gasteiger partial charge >= 0.3 is 0 Å². The lowest BCUT2D eigenvalue weighted by atomic mass is 10.2. The van der Waals surface area contributed by atoms with Gasteiger partial charge in [-0.15, -0.1) is 11.8 Å². The van der Waals surface area contributed by atoms with Crippen LogP contribution in [0.1, 0.15) is 23.6 Å². The van der Waals surface area contributed by atoms with Gasteiger partial charge in [0.2, 0.25) is 11.9 Å². The molecule has 0 radical (unpaired) electrons. The minimum Gasteiger partial charge on any atom is -0.368 e. The van der Waals surface area contributed by atoms with E-state index < -0.39 is 0 Å². The number of thioether (sulfide) groups is 1. The number of nitrogen functional groups attached to an aromatic ring is 1. The molecule has 1 heterocycles. The van der Waals surface area contributed by atoms with Crippen molar-refractivity contribution in [3.63, 3.8) is 0 Å². The van der Waals surface area contributed by atoms with E-state index in [0.717, 1.165) is 17.0 Å². The number of benzene rings is 2. The average Bonchev–Trinajstić information content (AvgIpc) is 2.63. The lowest BCUT2D eigenvalue weighted by Crippen LogP contribution is -2.08. The highest BCUT2D eigenvalue weighted by Crippen LogP contribution is 2.31. The molecule has 3 N–H and O–H groups in total. The Morgan fingerprint density at radius 3 is 2.54 bits per heavy atom. The fourth-order valence-corrected chi connectivity index (χ4v) is 3.42. The minimum absolute atomic E-state index is 0.0334. The Hall–Kier alpha value is -2.02. The Labute approximate surface area is 166 Å². The molecule has 1 unspecified atom stereocenters. The van der Waals surface area contributed by atoms with Crippen molar-refractivity contribution in [3.05, 3.63) is 70.0 Å². The molecule has 0 aliphatic carbocycles. The molecule has 0 spiro atoms. The van der Waals surface area contributed by atoms with Gasteiger partial charge in [0.15, 0.2) is 0 Å². The van der Waals surface area contributed by atoms with Gasteiger partial charge < -0.3 is 11.1 Å². The number of aromatic nitrogens is 3. The fourth-order valence-electron chi connectivity index (χ4n) is 2.22. The number of nitrogens with two attached hydrogens (primary N) is 1. The van der Waals surface area contributed by atoms with Crippen molar-refractivity contribution in [1.29, 1.82) is 0 Å². The predicted octanol–water partition coefficient (Wildman–Crippen LogP) is 5.50. The van der Waals surface area contributed by atoms with Gasteiger partial charge in [0, 0.05) is 11.4 Å². The van der Waals surface area contributed by atoms with E-state index in [1.54, 1.807) is 17.8 Å². The van der Waals surface area contributed by atoms with Crippen LogP contribution in [0.5, 0.6) is 0 Å². The van der Waals surface area contributed by atoms with Gasteiger partial charge in [-0.2, -0.15) is 15.0 Å². The topological polar surface area (TPSA) is 76.7 Å². The summed E-state index contributed by atoms with van der Waals surface area (Å²) in [6.45, 7) is 2.03. The molecule has 0 saturated heterocycles. The maximum atomic E-state index is 6.07. The van der Waals surface area contributed by atoms with E-state index in [9.17, 15) is 0 Å². The Morgan fingerprint density at radius 1 is 1.04 bits per heavy atom. The lowest BCUT2D eigenvalue weighted by molar-refractivity contribution is 0.896. The van der Waals surface area contributed by atoms with Gasteiger partial charge in [0.1, 0.15) is 5.82 Å². The van der Waals surface area contributed by atoms with Crippen LogP contribution in [0.2, 0.25) is 10.0 Å².